The third-order valence-corrected chi connectivity index (χ3v) is 5.05. The first-order valence-electron chi connectivity index (χ1n) is 8.65. The molecular weight excluding hydrogens is 354 g/mol. The van der Waals surface area contributed by atoms with Crippen LogP contribution in [-0.4, -0.2) is 4.98 Å². The zero-order valence-corrected chi connectivity index (χ0v) is 15.4. The lowest BCUT2D eigenvalue weighted by molar-refractivity contribution is 0.493. The third kappa shape index (κ3) is 3.20. The summed E-state index contributed by atoms with van der Waals surface area (Å²) in [6.45, 7) is 3.95. The quantitative estimate of drug-likeness (QED) is 0.548. The van der Waals surface area contributed by atoms with E-state index >= 15 is 0 Å². The first-order valence-corrected chi connectivity index (χ1v) is 9.03. The van der Waals surface area contributed by atoms with E-state index in [1.165, 1.54) is 12.1 Å². The Bertz CT molecular complexity index is 1000. The van der Waals surface area contributed by atoms with Crippen LogP contribution in [0.5, 0.6) is 0 Å². The molecule has 0 aliphatic rings. The van der Waals surface area contributed by atoms with E-state index in [9.17, 15) is 8.78 Å². The molecule has 0 aliphatic carbocycles. The van der Waals surface area contributed by atoms with Gasteiger partial charge in [-0.1, -0.05) is 37.9 Å². The van der Waals surface area contributed by atoms with Crippen LogP contribution in [0.3, 0.4) is 0 Å². The molecule has 0 radical (unpaired) electrons. The number of H-pyrrole nitrogens is 1. The molecule has 0 amide bonds. The van der Waals surface area contributed by atoms with Gasteiger partial charge < -0.3 is 4.98 Å². The lowest BCUT2D eigenvalue weighted by Gasteiger charge is -2.15. The van der Waals surface area contributed by atoms with Crippen molar-refractivity contribution >= 4 is 22.5 Å². The molecule has 3 aromatic rings. The summed E-state index contributed by atoms with van der Waals surface area (Å²) in [5.74, 6) is -2.43. The van der Waals surface area contributed by atoms with Crippen molar-refractivity contribution in [3.63, 3.8) is 0 Å². The van der Waals surface area contributed by atoms with Gasteiger partial charge >= 0.3 is 0 Å². The van der Waals surface area contributed by atoms with E-state index in [1.807, 2.05) is 19.1 Å². The van der Waals surface area contributed by atoms with Crippen molar-refractivity contribution in [3.05, 3.63) is 69.4 Å². The third-order valence-electron chi connectivity index (χ3n) is 4.81. The van der Waals surface area contributed by atoms with E-state index in [2.05, 4.69) is 11.9 Å². The number of unbranched alkanes of at least 4 members (excludes halogenated alkanes) is 1. The van der Waals surface area contributed by atoms with Crippen molar-refractivity contribution in [1.29, 1.82) is 5.26 Å². The summed E-state index contributed by atoms with van der Waals surface area (Å²) in [6, 6.07) is 10.1. The van der Waals surface area contributed by atoms with Crippen LogP contribution in [0.25, 0.3) is 10.9 Å². The molecule has 1 atom stereocenters. The molecule has 0 fully saturated rings. The molecule has 5 heteroatoms. The van der Waals surface area contributed by atoms with E-state index < -0.39 is 11.6 Å². The van der Waals surface area contributed by atoms with Crippen LogP contribution in [0, 0.1) is 23.0 Å². The largest absolute Gasteiger partial charge is 0.358 e. The van der Waals surface area contributed by atoms with Crippen LogP contribution in [0.4, 0.5) is 8.78 Å². The second-order valence-corrected chi connectivity index (χ2v) is 6.91. The van der Waals surface area contributed by atoms with Crippen LogP contribution < -0.4 is 0 Å². The van der Waals surface area contributed by atoms with Gasteiger partial charge in [0.05, 0.1) is 5.56 Å². The number of nitriles is 1. The molecule has 1 N–H and O–H groups in total. The van der Waals surface area contributed by atoms with Gasteiger partial charge in [-0.05, 0) is 48.2 Å². The van der Waals surface area contributed by atoms with Crippen molar-refractivity contribution in [2.24, 2.45) is 0 Å². The predicted molar refractivity (Wildman–Crippen MR) is 101 cm³/mol. The molecule has 2 nitrogen and oxygen atoms in total. The summed E-state index contributed by atoms with van der Waals surface area (Å²) in [5.41, 5.74) is 2.82. The SMILES string of the molecule is CCCCc1c(C(C)c2ccc(C#N)c(F)c2F)[nH]c2ccc(Cl)cc12. The highest BCUT2D eigenvalue weighted by Crippen LogP contribution is 2.35. The fourth-order valence-corrected chi connectivity index (χ4v) is 3.55. The Morgan fingerprint density at radius 1 is 1.19 bits per heavy atom. The van der Waals surface area contributed by atoms with Gasteiger partial charge in [0.15, 0.2) is 11.6 Å². The van der Waals surface area contributed by atoms with Gasteiger partial charge in [-0.25, -0.2) is 8.78 Å². The van der Waals surface area contributed by atoms with Gasteiger partial charge in [-0.15, -0.1) is 0 Å². The minimum atomic E-state index is -1.09. The fourth-order valence-electron chi connectivity index (χ4n) is 3.37. The van der Waals surface area contributed by atoms with Gasteiger partial charge in [0.2, 0.25) is 0 Å². The molecule has 0 bridgehead atoms. The lowest BCUT2D eigenvalue weighted by atomic mass is 9.91. The van der Waals surface area contributed by atoms with Crippen LogP contribution >= 0.6 is 11.6 Å². The van der Waals surface area contributed by atoms with Gasteiger partial charge in [0, 0.05) is 27.5 Å². The smallest absolute Gasteiger partial charge is 0.176 e. The van der Waals surface area contributed by atoms with E-state index in [4.69, 9.17) is 16.9 Å². The molecule has 26 heavy (non-hydrogen) atoms. The standard InChI is InChI=1S/C21H19ClF2N2/c1-3-4-5-16-17-10-14(22)7-9-18(17)26-21(16)12(2)15-8-6-13(11-25)19(23)20(15)24/h6-10,12,26H,3-5H2,1-2H3. The number of benzene rings is 2. The first-order chi connectivity index (χ1) is 12.5. The molecule has 0 saturated heterocycles. The summed E-state index contributed by atoms with van der Waals surface area (Å²) < 4.78 is 28.6. The Balaban J connectivity index is 2.15. The maximum Gasteiger partial charge on any atom is 0.176 e. The zero-order valence-electron chi connectivity index (χ0n) is 14.7. The summed E-state index contributed by atoms with van der Waals surface area (Å²) in [7, 11) is 0. The van der Waals surface area contributed by atoms with Crippen LogP contribution in [0.15, 0.2) is 30.3 Å². The number of aromatic amines is 1. The van der Waals surface area contributed by atoms with Crippen LogP contribution in [0.2, 0.25) is 5.02 Å². The minimum Gasteiger partial charge on any atom is -0.358 e. The highest BCUT2D eigenvalue weighted by molar-refractivity contribution is 6.31. The number of rotatable bonds is 5. The average molecular weight is 373 g/mol. The highest BCUT2D eigenvalue weighted by atomic mass is 35.5. The molecule has 1 unspecified atom stereocenters. The normalized spacial score (nSPS) is 12.3. The van der Waals surface area contributed by atoms with E-state index in [-0.39, 0.29) is 17.0 Å². The van der Waals surface area contributed by atoms with Crippen molar-refractivity contribution < 1.29 is 8.78 Å². The Hall–Kier alpha value is -2.38. The molecule has 0 saturated carbocycles. The number of aryl methyl sites for hydroxylation is 1. The van der Waals surface area contributed by atoms with Gasteiger partial charge in [-0.2, -0.15) is 5.26 Å². The number of fused-ring (bicyclic) bond motifs is 1. The monoisotopic (exact) mass is 372 g/mol. The molecule has 1 aromatic heterocycles. The molecule has 134 valence electrons. The van der Waals surface area contributed by atoms with Gasteiger partial charge in [0.1, 0.15) is 6.07 Å². The minimum absolute atomic E-state index is 0.233. The summed E-state index contributed by atoms with van der Waals surface area (Å²) >= 11 is 6.16. The zero-order chi connectivity index (χ0) is 18.8. The number of hydrogen-bond acceptors (Lipinski definition) is 1. The lowest BCUT2D eigenvalue weighted by Crippen LogP contribution is -2.06. The molecule has 1 heterocycles. The highest BCUT2D eigenvalue weighted by Gasteiger charge is 2.23. The fraction of sp³-hybridized carbons (Fsp3) is 0.286. The molecule has 2 aromatic carbocycles. The number of hydrogen-bond donors (Lipinski definition) is 1. The first kappa shape index (κ1) is 18.4. The maximum atomic E-state index is 14.5. The summed E-state index contributed by atoms with van der Waals surface area (Å²) in [5, 5.41) is 10.5. The predicted octanol–water partition coefficient (Wildman–Crippen LogP) is 6.47. The van der Waals surface area contributed by atoms with E-state index in [1.54, 1.807) is 12.1 Å². The average Bonchev–Trinajstić information content (AvgIpc) is 2.99. The van der Waals surface area contributed by atoms with Gasteiger partial charge in [-0.3, -0.25) is 0 Å². The Morgan fingerprint density at radius 2 is 1.96 bits per heavy atom. The van der Waals surface area contributed by atoms with E-state index in [0.29, 0.717) is 5.02 Å². The number of nitrogens with one attached hydrogen (secondary N) is 1. The van der Waals surface area contributed by atoms with Crippen molar-refractivity contribution in [2.45, 2.75) is 39.0 Å². The maximum absolute atomic E-state index is 14.5. The number of nitrogens with zero attached hydrogens (tertiary/aromatic N) is 1. The van der Waals surface area contributed by atoms with E-state index in [0.717, 1.165) is 41.4 Å². The number of aromatic nitrogens is 1. The van der Waals surface area contributed by atoms with Crippen molar-refractivity contribution in [1.82, 2.24) is 4.98 Å². The van der Waals surface area contributed by atoms with Gasteiger partial charge in [0.25, 0.3) is 0 Å². The topological polar surface area (TPSA) is 39.6 Å². The second-order valence-electron chi connectivity index (χ2n) is 6.47. The Labute approximate surface area is 156 Å². The molecule has 3 rings (SSSR count). The molecular formula is C21H19ClF2N2. The molecule has 0 aliphatic heterocycles. The van der Waals surface area contributed by atoms with Crippen LogP contribution in [-0.2, 0) is 6.42 Å². The Kier molecular flexibility index (Phi) is 5.29. The van der Waals surface area contributed by atoms with Crippen molar-refractivity contribution in [2.75, 3.05) is 0 Å². The van der Waals surface area contributed by atoms with Crippen LogP contribution in [0.1, 0.15) is 55.0 Å². The van der Waals surface area contributed by atoms with Crippen molar-refractivity contribution in [3.8, 4) is 6.07 Å². The summed E-state index contributed by atoms with van der Waals surface area (Å²) in [4.78, 5) is 3.36. The molecule has 0 spiro atoms. The second kappa shape index (κ2) is 7.47. The Morgan fingerprint density at radius 3 is 2.65 bits per heavy atom. The number of halogens is 3. The summed E-state index contributed by atoms with van der Waals surface area (Å²) in [6.07, 6.45) is 2.85.